The summed E-state index contributed by atoms with van der Waals surface area (Å²) in [7, 11) is 0. The Bertz CT molecular complexity index is 1320. The lowest BCUT2D eigenvalue weighted by Crippen LogP contribution is -2.46. The van der Waals surface area contributed by atoms with Gasteiger partial charge in [-0.1, -0.05) is 13.0 Å². The molecule has 0 radical (unpaired) electrons. The van der Waals surface area contributed by atoms with E-state index in [0.717, 1.165) is 36.5 Å². The number of amides is 1. The number of carbonyl (C=O) groups is 1. The van der Waals surface area contributed by atoms with Crippen molar-refractivity contribution in [2.45, 2.75) is 25.6 Å². The van der Waals surface area contributed by atoms with Gasteiger partial charge in [0.1, 0.15) is 29.0 Å². The molecule has 1 fully saturated rings. The third kappa shape index (κ3) is 5.38. The Morgan fingerprint density at radius 1 is 1.03 bits per heavy atom. The van der Waals surface area contributed by atoms with E-state index in [2.05, 4.69) is 10.3 Å². The first-order chi connectivity index (χ1) is 17.4. The fourth-order valence-electron chi connectivity index (χ4n) is 4.44. The zero-order chi connectivity index (χ0) is 27.1. The number of benzene rings is 2. The molecule has 4 rings (SSSR count). The summed E-state index contributed by atoms with van der Waals surface area (Å²) in [5.41, 5.74) is 1.73. The van der Waals surface area contributed by atoms with Crippen molar-refractivity contribution in [3.8, 4) is 11.1 Å². The summed E-state index contributed by atoms with van der Waals surface area (Å²) in [4.78, 5) is 17.9. The molecule has 1 aliphatic heterocycles. The molecule has 0 unspecified atom stereocenters. The van der Waals surface area contributed by atoms with Gasteiger partial charge in [0, 0.05) is 19.1 Å². The molecule has 5 nitrogen and oxygen atoms in total. The van der Waals surface area contributed by atoms with Crippen LogP contribution >= 0.6 is 0 Å². The van der Waals surface area contributed by atoms with Crippen molar-refractivity contribution in [3.05, 3.63) is 77.1 Å². The third-order valence-electron chi connectivity index (χ3n) is 6.00. The highest BCUT2D eigenvalue weighted by molar-refractivity contribution is 6.06. The number of pyridine rings is 1. The van der Waals surface area contributed by atoms with Gasteiger partial charge >= 0.3 is 6.18 Å². The van der Waals surface area contributed by atoms with Gasteiger partial charge in [-0.2, -0.15) is 13.2 Å². The maximum absolute atomic E-state index is 15.3. The number of anilines is 2. The normalized spacial score (nSPS) is 18.1. The Balaban J connectivity index is 1.75. The summed E-state index contributed by atoms with van der Waals surface area (Å²) in [6.07, 6.45) is -3.35. The number of hydrogen-bond acceptors (Lipinski definition) is 4. The molecule has 12 heteroatoms. The number of alkyl halides is 3. The van der Waals surface area contributed by atoms with Gasteiger partial charge in [0.2, 0.25) is 0 Å². The quantitative estimate of drug-likeness (QED) is 0.425. The minimum atomic E-state index is -4.78. The highest BCUT2D eigenvalue weighted by Crippen LogP contribution is 2.37. The van der Waals surface area contributed by atoms with Gasteiger partial charge < -0.3 is 16.0 Å². The predicted molar refractivity (Wildman–Crippen MR) is 123 cm³/mol. The van der Waals surface area contributed by atoms with E-state index in [9.17, 15) is 31.1 Å². The summed E-state index contributed by atoms with van der Waals surface area (Å²) in [5, 5.41) is 2.30. The van der Waals surface area contributed by atoms with Crippen molar-refractivity contribution in [2.24, 2.45) is 11.7 Å². The van der Waals surface area contributed by atoms with Gasteiger partial charge in [0.05, 0.1) is 34.3 Å². The van der Waals surface area contributed by atoms with E-state index >= 15 is 4.39 Å². The lowest BCUT2D eigenvalue weighted by molar-refractivity contribution is -0.141. The molecule has 37 heavy (non-hydrogen) atoms. The van der Waals surface area contributed by atoms with Gasteiger partial charge in [-0.25, -0.2) is 22.5 Å². The fourth-order valence-corrected chi connectivity index (χ4v) is 4.44. The van der Waals surface area contributed by atoms with Crippen LogP contribution in [0.15, 0.2) is 42.6 Å². The van der Waals surface area contributed by atoms with Crippen LogP contribution in [0, 0.1) is 29.2 Å². The average Bonchev–Trinajstić information content (AvgIpc) is 2.79. The minimum absolute atomic E-state index is 0.0302. The Morgan fingerprint density at radius 2 is 1.68 bits per heavy atom. The summed E-state index contributed by atoms with van der Waals surface area (Å²) < 4.78 is 98.3. The standard InChI is InChI=1S/C25H21F7N4O/c1-12-7-13(33)11-36(10-12)19-8-20(25(30,31)32)34-9-18(19)35-24(37)14-5-6-17(28)22(23(14)29)21-15(26)3-2-4-16(21)27/h2-6,8-9,12-13H,7,10-11,33H2,1H3,(H,35,37)/t12-,13+/m1/s1. The molecule has 1 aliphatic rings. The molecule has 2 atom stereocenters. The number of nitrogens with one attached hydrogen (secondary N) is 1. The number of aromatic nitrogens is 1. The van der Waals surface area contributed by atoms with E-state index < -0.39 is 57.7 Å². The van der Waals surface area contributed by atoms with E-state index in [0.29, 0.717) is 19.0 Å². The first kappa shape index (κ1) is 26.4. The fraction of sp³-hybridized carbons (Fsp3) is 0.280. The van der Waals surface area contributed by atoms with Gasteiger partial charge in [0.25, 0.3) is 5.91 Å². The monoisotopic (exact) mass is 526 g/mol. The van der Waals surface area contributed by atoms with Crippen LogP contribution in [0.2, 0.25) is 0 Å². The summed E-state index contributed by atoms with van der Waals surface area (Å²) in [6.45, 7) is 2.39. The molecular weight excluding hydrogens is 505 g/mol. The van der Waals surface area contributed by atoms with Crippen molar-refractivity contribution in [1.82, 2.24) is 4.98 Å². The van der Waals surface area contributed by atoms with Crippen LogP contribution in [-0.2, 0) is 6.18 Å². The number of rotatable bonds is 4. The van der Waals surface area contributed by atoms with Crippen LogP contribution in [0.4, 0.5) is 42.1 Å². The second-order valence-corrected chi connectivity index (χ2v) is 8.93. The number of halogens is 7. The molecule has 0 aliphatic carbocycles. The van der Waals surface area contributed by atoms with Crippen LogP contribution in [0.3, 0.4) is 0 Å². The number of nitrogens with zero attached hydrogens (tertiary/aromatic N) is 2. The van der Waals surface area contributed by atoms with Crippen molar-refractivity contribution in [2.75, 3.05) is 23.3 Å². The van der Waals surface area contributed by atoms with Crippen molar-refractivity contribution < 1.29 is 35.5 Å². The third-order valence-corrected chi connectivity index (χ3v) is 6.00. The van der Waals surface area contributed by atoms with Crippen molar-refractivity contribution in [1.29, 1.82) is 0 Å². The molecular formula is C25H21F7N4O. The summed E-state index contributed by atoms with van der Waals surface area (Å²) in [6, 6.07) is 4.44. The van der Waals surface area contributed by atoms with Crippen LogP contribution in [0.1, 0.15) is 29.4 Å². The first-order valence-electron chi connectivity index (χ1n) is 11.2. The van der Waals surface area contributed by atoms with E-state index in [1.807, 2.05) is 6.92 Å². The average molecular weight is 526 g/mol. The van der Waals surface area contributed by atoms with E-state index in [1.54, 1.807) is 4.90 Å². The Morgan fingerprint density at radius 3 is 2.30 bits per heavy atom. The molecule has 2 aromatic carbocycles. The maximum atomic E-state index is 15.3. The molecule has 1 saturated heterocycles. The van der Waals surface area contributed by atoms with Crippen LogP contribution in [0.25, 0.3) is 11.1 Å². The van der Waals surface area contributed by atoms with Gasteiger partial charge in [-0.05, 0) is 42.7 Å². The molecule has 0 spiro atoms. The minimum Gasteiger partial charge on any atom is -0.368 e. The van der Waals surface area contributed by atoms with Crippen LogP contribution in [-0.4, -0.2) is 30.0 Å². The predicted octanol–water partition coefficient (Wildman–Crippen LogP) is 5.75. The van der Waals surface area contributed by atoms with Gasteiger partial charge in [0.15, 0.2) is 0 Å². The van der Waals surface area contributed by atoms with E-state index in [4.69, 9.17) is 5.73 Å². The molecule has 1 aromatic heterocycles. The lowest BCUT2D eigenvalue weighted by atomic mass is 9.96. The molecule has 0 bridgehead atoms. The number of nitrogens with two attached hydrogens (primary N) is 1. The zero-order valence-electron chi connectivity index (χ0n) is 19.3. The van der Waals surface area contributed by atoms with Crippen LogP contribution < -0.4 is 16.0 Å². The number of piperidine rings is 1. The highest BCUT2D eigenvalue weighted by Gasteiger charge is 2.35. The molecule has 3 aromatic rings. The SMILES string of the molecule is C[C@@H]1C[C@H](N)CN(c2cc(C(F)(F)F)ncc2NC(=O)c2ccc(F)c(-c3c(F)cccc3F)c2F)C1. The van der Waals surface area contributed by atoms with Crippen molar-refractivity contribution >= 4 is 17.3 Å². The second kappa shape index (κ2) is 10.0. The lowest BCUT2D eigenvalue weighted by Gasteiger charge is -2.37. The first-order valence-corrected chi connectivity index (χ1v) is 11.2. The summed E-state index contributed by atoms with van der Waals surface area (Å²) in [5.74, 6) is -6.52. The van der Waals surface area contributed by atoms with E-state index in [-0.39, 0.29) is 29.9 Å². The maximum Gasteiger partial charge on any atom is 0.433 e. The van der Waals surface area contributed by atoms with Gasteiger partial charge in [-0.3, -0.25) is 4.79 Å². The molecule has 3 N–H and O–H groups in total. The smallest absolute Gasteiger partial charge is 0.368 e. The Hall–Kier alpha value is -3.67. The Labute approximate surface area is 207 Å². The highest BCUT2D eigenvalue weighted by atomic mass is 19.4. The topological polar surface area (TPSA) is 71.2 Å². The molecule has 196 valence electrons. The van der Waals surface area contributed by atoms with Crippen LogP contribution in [0.5, 0.6) is 0 Å². The van der Waals surface area contributed by atoms with Gasteiger partial charge in [-0.15, -0.1) is 0 Å². The summed E-state index contributed by atoms with van der Waals surface area (Å²) >= 11 is 0. The molecule has 1 amide bonds. The second-order valence-electron chi connectivity index (χ2n) is 8.93. The zero-order valence-corrected chi connectivity index (χ0v) is 19.3. The van der Waals surface area contributed by atoms with Crippen molar-refractivity contribution in [3.63, 3.8) is 0 Å². The molecule has 2 heterocycles. The Kier molecular flexibility index (Phi) is 7.13. The molecule has 0 saturated carbocycles. The largest absolute Gasteiger partial charge is 0.433 e. The van der Waals surface area contributed by atoms with E-state index in [1.165, 1.54) is 0 Å². The number of hydrogen-bond donors (Lipinski definition) is 2. The number of carbonyl (C=O) groups excluding carboxylic acids is 1.